The molecule has 0 unspecified atom stereocenters. The highest BCUT2D eigenvalue weighted by Gasteiger charge is 2.51. The van der Waals surface area contributed by atoms with E-state index in [-0.39, 0.29) is 11.6 Å². The maximum atomic E-state index is 12.4. The van der Waals surface area contributed by atoms with Gasteiger partial charge in [0.25, 0.3) is 0 Å². The maximum Gasteiger partial charge on any atom is 0.212 e. The van der Waals surface area contributed by atoms with Gasteiger partial charge in [-0.25, -0.2) is 8.42 Å². The molecule has 6 nitrogen and oxygen atoms in total. The molecule has 0 amide bonds. The van der Waals surface area contributed by atoms with Gasteiger partial charge in [0.2, 0.25) is 10.0 Å². The van der Waals surface area contributed by atoms with E-state index in [0.29, 0.717) is 6.61 Å². The summed E-state index contributed by atoms with van der Waals surface area (Å²) >= 11 is 0. The highest BCUT2D eigenvalue weighted by molar-refractivity contribution is 7.88. The molecule has 7 heteroatoms. The van der Waals surface area contributed by atoms with E-state index in [1.165, 1.54) is 6.26 Å². The summed E-state index contributed by atoms with van der Waals surface area (Å²) < 4.78 is 37.5. The van der Waals surface area contributed by atoms with Crippen LogP contribution in [0, 0.1) is 6.92 Å². The standard InChI is InChI=1S/C17H28N2O4S/c1-14-4-5-16(23-14)12-18-10-8-17(9-11-18)7-6-15(13-22-2)19(17)24(3,20)21/h4-5,15H,6-13H2,1-3H3/t15-/m0/s1. The van der Waals surface area contributed by atoms with Crippen molar-refractivity contribution in [3.63, 3.8) is 0 Å². The Labute approximate surface area is 144 Å². The van der Waals surface area contributed by atoms with Gasteiger partial charge >= 0.3 is 0 Å². The van der Waals surface area contributed by atoms with E-state index in [4.69, 9.17) is 9.15 Å². The molecule has 2 aliphatic heterocycles. The van der Waals surface area contributed by atoms with Gasteiger partial charge in [-0.1, -0.05) is 0 Å². The number of aryl methyl sites for hydroxylation is 1. The average molecular weight is 356 g/mol. The molecule has 1 aromatic heterocycles. The summed E-state index contributed by atoms with van der Waals surface area (Å²) in [7, 11) is -1.60. The highest BCUT2D eigenvalue weighted by Crippen LogP contribution is 2.43. The number of sulfonamides is 1. The molecule has 136 valence electrons. The molecular formula is C17H28N2O4S. The fourth-order valence-corrected chi connectivity index (χ4v) is 6.09. The molecule has 1 aromatic rings. The van der Waals surface area contributed by atoms with Crippen molar-refractivity contribution in [1.29, 1.82) is 0 Å². The minimum absolute atomic E-state index is 0.0238. The van der Waals surface area contributed by atoms with Crippen molar-refractivity contribution in [1.82, 2.24) is 9.21 Å². The van der Waals surface area contributed by atoms with Gasteiger partial charge < -0.3 is 9.15 Å². The second kappa shape index (κ2) is 6.78. The number of piperidine rings is 1. The summed E-state index contributed by atoms with van der Waals surface area (Å²) in [6.45, 7) is 5.01. The van der Waals surface area contributed by atoms with Crippen LogP contribution >= 0.6 is 0 Å². The van der Waals surface area contributed by atoms with Gasteiger partial charge in [-0.05, 0) is 44.7 Å². The van der Waals surface area contributed by atoms with Gasteiger partial charge in [-0.3, -0.25) is 4.90 Å². The van der Waals surface area contributed by atoms with E-state index in [1.54, 1.807) is 11.4 Å². The largest absolute Gasteiger partial charge is 0.465 e. The fraction of sp³-hybridized carbons (Fsp3) is 0.765. The number of hydrogen-bond donors (Lipinski definition) is 0. The summed E-state index contributed by atoms with van der Waals surface area (Å²) in [5, 5.41) is 0. The third-order valence-electron chi connectivity index (χ3n) is 5.42. The van der Waals surface area contributed by atoms with E-state index in [1.807, 2.05) is 19.1 Å². The van der Waals surface area contributed by atoms with Gasteiger partial charge in [0, 0.05) is 31.8 Å². The summed E-state index contributed by atoms with van der Waals surface area (Å²) in [6, 6.07) is 3.98. The maximum absolute atomic E-state index is 12.4. The Kier molecular flexibility index (Phi) is 5.06. The molecule has 0 saturated carbocycles. The van der Waals surface area contributed by atoms with Gasteiger partial charge in [0.1, 0.15) is 11.5 Å². The number of nitrogens with zero attached hydrogens (tertiary/aromatic N) is 2. The Morgan fingerprint density at radius 2 is 2.00 bits per heavy atom. The van der Waals surface area contributed by atoms with Crippen LogP contribution in [0.1, 0.15) is 37.2 Å². The van der Waals surface area contributed by atoms with Crippen LogP contribution in [0.5, 0.6) is 0 Å². The van der Waals surface area contributed by atoms with E-state index in [9.17, 15) is 8.42 Å². The lowest BCUT2D eigenvalue weighted by Gasteiger charge is -2.45. The van der Waals surface area contributed by atoms with Crippen molar-refractivity contribution in [3.8, 4) is 0 Å². The first-order valence-electron chi connectivity index (χ1n) is 8.60. The minimum atomic E-state index is -3.24. The van der Waals surface area contributed by atoms with Gasteiger partial charge in [0.15, 0.2) is 0 Å². The summed E-state index contributed by atoms with van der Waals surface area (Å²) in [4.78, 5) is 2.35. The van der Waals surface area contributed by atoms with Crippen LogP contribution < -0.4 is 0 Å². The topological polar surface area (TPSA) is 63.0 Å². The molecule has 0 aliphatic carbocycles. The van der Waals surface area contributed by atoms with Crippen LogP contribution in [-0.2, 0) is 21.3 Å². The highest BCUT2D eigenvalue weighted by atomic mass is 32.2. The number of furan rings is 1. The van der Waals surface area contributed by atoms with Crippen LogP contribution in [0.15, 0.2) is 16.5 Å². The number of rotatable bonds is 5. The van der Waals surface area contributed by atoms with E-state index >= 15 is 0 Å². The summed E-state index contributed by atoms with van der Waals surface area (Å²) in [5.74, 6) is 1.91. The lowest BCUT2D eigenvalue weighted by Crippen LogP contribution is -2.56. The van der Waals surface area contributed by atoms with Crippen LogP contribution in [0.3, 0.4) is 0 Å². The van der Waals surface area contributed by atoms with E-state index in [2.05, 4.69) is 4.90 Å². The molecule has 0 aromatic carbocycles. The Bertz CT molecular complexity index is 662. The average Bonchev–Trinajstić information content (AvgIpc) is 3.06. The Morgan fingerprint density at radius 3 is 2.54 bits per heavy atom. The van der Waals surface area contributed by atoms with Crippen LogP contribution in [-0.4, -0.2) is 62.3 Å². The first-order valence-corrected chi connectivity index (χ1v) is 10.4. The molecule has 1 spiro atoms. The van der Waals surface area contributed by atoms with Crippen molar-refractivity contribution in [3.05, 3.63) is 23.7 Å². The molecule has 0 bridgehead atoms. The summed E-state index contributed by atoms with van der Waals surface area (Å²) in [5.41, 5.74) is -0.230. The Hall–Kier alpha value is -0.890. The molecule has 2 saturated heterocycles. The Morgan fingerprint density at radius 1 is 1.29 bits per heavy atom. The van der Waals surface area contributed by atoms with Crippen LogP contribution in [0.2, 0.25) is 0 Å². The molecule has 0 N–H and O–H groups in total. The predicted molar refractivity (Wildman–Crippen MR) is 92.3 cm³/mol. The zero-order chi connectivity index (χ0) is 17.4. The van der Waals surface area contributed by atoms with Crippen molar-refractivity contribution in [2.75, 3.05) is 33.1 Å². The van der Waals surface area contributed by atoms with Crippen LogP contribution in [0.25, 0.3) is 0 Å². The molecule has 2 aliphatic rings. The number of hydrogen-bond acceptors (Lipinski definition) is 5. The SMILES string of the molecule is COC[C@@H]1CCC2(CCN(Cc3ccc(C)o3)CC2)N1S(C)(=O)=O. The van der Waals surface area contributed by atoms with E-state index < -0.39 is 10.0 Å². The lowest BCUT2D eigenvalue weighted by atomic mass is 9.86. The van der Waals surface area contributed by atoms with Gasteiger partial charge in [-0.2, -0.15) is 4.31 Å². The molecular weight excluding hydrogens is 328 g/mol. The molecule has 2 fully saturated rings. The zero-order valence-electron chi connectivity index (χ0n) is 14.8. The quantitative estimate of drug-likeness (QED) is 0.807. The number of ether oxygens (including phenoxy) is 1. The fourth-order valence-electron chi connectivity index (χ4n) is 4.40. The van der Waals surface area contributed by atoms with E-state index in [0.717, 1.165) is 56.8 Å². The molecule has 0 radical (unpaired) electrons. The first kappa shape index (κ1) is 17.9. The van der Waals surface area contributed by atoms with Gasteiger partial charge in [0.05, 0.1) is 19.4 Å². The predicted octanol–water partition coefficient (Wildman–Crippen LogP) is 1.99. The molecule has 3 heterocycles. The monoisotopic (exact) mass is 356 g/mol. The van der Waals surface area contributed by atoms with Crippen LogP contribution in [0.4, 0.5) is 0 Å². The van der Waals surface area contributed by atoms with Crippen molar-refractivity contribution in [2.24, 2.45) is 0 Å². The molecule has 3 rings (SSSR count). The van der Waals surface area contributed by atoms with Crippen molar-refractivity contribution in [2.45, 2.75) is 50.7 Å². The molecule has 24 heavy (non-hydrogen) atoms. The van der Waals surface area contributed by atoms with Crippen molar-refractivity contribution < 1.29 is 17.6 Å². The lowest BCUT2D eigenvalue weighted by molar-refractivity contribution is 0.0633. The second-order valence-electron chi connectivity index (χ2n) is 7.22. The second-order valence-corrected chi connectivity index (χ2v) is 9.08. The normalized spacial score (nSPS) is 25.5. The Balaban J connectivity index is 1.69. The smallest absolute Gasteiger partial charge is 0.212 e. The van der Waals surface area contributed by atoms with Crippen molar-refractivity contribution >= 4 is 10.0 Å². The number of methoxy groups -OCH3 is 1. The third kappa shape index (κ3) is 3.54. The minimum Gasteiger partial charge on any atom is -0.465 e. The molecule has 1 atom stereocenters. The number of likely N-dealkylation sites (tertiary alicyclic amines) is 1. The van der Waals surface area contributed by atoms with Gasteiger partial charge in [-0.15, -0.1) is 0 Å². The summed E-state index contributed by atoms with van der Waals surface area (Å²) in [6.07, 6.45) is 4.90. The zero-order valence-corrected chi connectivity index (χ0v) is 15.6. The third-order valence-corrected chi connectivity index (χ3v) is 6.82. The first-order chi connectivity index (χ1) is 11.3.